The van der Waals surface area contributed by atoms with Crippen LogP contribution in [0.1, 0.15) is 48.8 Å². The minimum atomic E-state index is -1.28. The molecule has 4 aromatic rings. The zero-order chi connectivity index (χ0) is 33.8. The van der Waals surface area contributed by atoms with Crippen LogP contribution in [0.25, 0.3) is 5.82 Å². The van der Waals surface area contributed by atoms with Crippen LogP contribution in [-0.2, 0) is 17.6 Å². The summed E-state index contributed by atoms with van der Waals surface area (Å²) >= 11 is 6.43. The molecular formula is C30H24ClN11O6. The molecule has 0 saturated carbocycles. The maximum atomic E-state index is 12.9. The third-order valence-electron chi connectivity index (χ3n) is 7.17. The molecule has 0 saturated heterocycles. The second-order valence-corrected chi connectivity index (χ2v) is 10.7. The minimum absolute atomic E-state index is 0.00392. The summed E-state index contributed by atoms with van der Waals surface area (Å²) < 4.78 is 1.62. The number of anilines is 2. The molecule has 2 aliphatic heterocycles. The number of nitrogens with zero attached hydrogens (tertiary/aromatic N) is 7. The Balaban J connectivity index is 1.14. The van der Waals surface area contributed by atoms with Crippen LogP contribution in [0.5, 0.6) is 0 Å². The number of imidazole rings is 1. The number of hydrogen-bond acceptors (Lipinski definition) is 12. The smallest absolute Gasteiger partial charge is 0.337 e. The second-order valence-electron chi connectivity index (χ2n) is 10.3. The Kier molecular flexibility index (Phi) is 8.86. The van der Waals surface area contributed by atoms with E-state index >= 15 is 0 Å². The number of fused-ring (bicyclic) bond motifs is 1. The zero-order valence-electron chi connectivity index (χ0n) is 24.6. The van der Waals surface area contributed by atoms with Crippen molar-refractivity contribution >= 4 is 58.3 Å². The molecule has 6 rings (SSSR count). The molecule has 2 amide bonds. The molecule has 0 bridgehead atoms. The molecule has 242 valence electrons. The standard InChI is InChI=1S/C30H24ClN11O6/c31-20-14-19(30(47)48)24(34-28(44)22-7-9-26-37-39-40-42(26)38-22)13-17(20)3-1-2-16-4-5-18(29(45)46)23(12-16)33-27(43)21-6-8-25(36-35-21)41-11-10-32-15-41/h4-15,39-40H,1-3H2,(H,33,43)(H,34,44)(H,45,46)(H,47,48). The quantitative estimate of drug-likeness (QED) is 0.135. The van der Waals surface area contributed by atoms with Crippen LogP contribution in [0.4, 0.5) is 11.4 Å². The summed E-state index contributed by atoms with van der Waals surface area (Å²) in [6.07, 6.45) is 9.10. The number of benzene rings is 2. The van der Waals surface area contributed by atoms with E-state index in [1.54, 1.807) is 41.2 Å². The van der Waals surface area contributed by atoms with Gasteiger partial charge in [-0.3, -0.25) is 14.2 Å². The highest BCUT2D eigenvalue weighted by Crippen LogP contribution is 2.28. The first-order valence-corrected chi connectivity index (χ1v) is 14.6. The van der Waals surface area contributed by atoms with Crippen molar-refractivity contribution in [2.75, 3.05) is 10.6 Å². The second kappa shape index (κ2) is 13.5. The third kappa shape index (κ3) is 6.86. The van der Waals surface area contributed by atoms with E-state index in [2.05, 4.69) is 47.1 Å². The molecule has 0 radical (unpaired) electrons. The van der Waals surface area contributed by atoms with E-state index in [0.717, 1.165) is 5.56 Å². The highest BCUT2D eigenvalue weighted by atomic mass is 35.5. The number of aromatic carboxylic acids is 2. The van der Waals surface area contributed by atoms with Crippen molar-refractivity contribution in [2.45, 2.75) is 19.3 Å². The number of hydrazone groups is 2. The first-order chi connectivity index (χ1) is 23.2. The van der Waals surface area contributed by atoms with Crippen molar-refractivity contribution in [3.05, 3.63) is 106 Å². The Morgan fingerprint density at radius 1 is 0.875 bits per heavy atom. The van der Waals surface area contributed by atoms with Gasteiger partial charge in [0.2, 0.25) is 0 Å². The lowest BCUT2D eigenvalue weighted by atomic mass is 10.00. The van der Waals surface area contributed by atoms with Gasteiger partial charge in [0.25, 0.3) is 11.8 Å². The van der Waals surface area contributed by atoms with Crippen LogP contribution in [0.15, 0.2) is 83.5 Å². The fourth-order valence-electron chi connectivity index (χ4n) is 4.80. The first kappa shape index (κ1) is 31.5. The van der Waals surface area contributed by atoms with Gasteiger partial charge in [0.1, 0.15) is 6.33 Å². The first-order valence-electron chi connectivity index (χ1n) is 14.2. The number of hydrogen-bond donors (Lipinski definition) is 6. The predicted molar refractivity (Wildman–Crippen MR) is 172 cm³/mol. The van der Waals surface area contributed by atoms with Gasteiger partial charge < -0.3 is 20.8 Å². The fourth-order valence-corrected chi connectivity index (χ4v) is 5.05. The van der Waals surface area contributed by atoms with Gasteiger partial charge in [-0.2, -0.15) is 5.12 Å². The van der Waals surface area contributed by atoms with Crippen molar-refractivity contribution in [3.63, 3.8) is 0 Å². The molecule has 2 aliphatic rings. The maximum Gasteiger partial charge on any atom is 0.337 e. The normalized spacial score (nSPS) is 13.2. The Labute approximate surface area is 275 Å². The van der Waals surface area contributed by atoms with Gasteiger partial charge in [0.05, 0.1) is 22.5 Å². The molecule has 6 N–H and O–H groups in total. The van der Waals surface area contributed by atoms with E-state index in [1.165, 1.54) is 41.8 Å². The zero-order valence-corrected chi connectivity index (χ0v) is 25.3. The molecule has 0 unspecified atom stereocenters. The van der Waals surface area contributed by atoms with E-state index in [4.69, 9.17) is 11.6 Å². The van der Waals surface area contributed by atoms with Gasteiger partial charge in [0.15, 0.2) is 23.1 Å². The largest absolute Gasteiger partial charge is 0.478 e. The van der Waals surface area contributed by atoms with E-state index < -0.39 is 23.8 Å². The number of hydrazine groups is 2. The molecule has 0 spiro atoms. The molecule has 0 atom stereocenters. The SMILES string of the molecule is O=C(Nc1cc(CCCc2ccc(C(=O)O)c(NC(=O)c3ccc(-n4ccnc4)nn3)c2)c(Cl)cc1C(=O)O)C1=NN2NNN=C2C=C1. The summed E-state index contributed by atoms with van der Waals surface area (Å²) in [5.74, 6) is -2.92. The Hall–Kier alpha value is -6.46. The van der Waals surface area contributed by atoms with Crippen molar-refractivity contribution in [2.24, 2.45) is 10.2 Å². The molecule has 0 aliphatic carbocycles. The third-order valence-corrected chi connectivity index (χ3v) is 7.52. The Bertz CT molecular complexity index is 2030. The molecule has 17 nitrogen and oxygen atoms in total. The summed E-state index contributed by atoms with van der Waals surface area (Å²) in [6, 6.07) is 10.4. The number of carbonyl (C=O) groups excluding carboxylic acids is 2. The summed E-state index contributed by atoms with van der Waals surface area (Å²) in [5.41, 5.74) is 6.21. The van der Waals surface area contributed by atoms with Crippen molar-refractivity contribution < 1.29 is 29.4 Å². The van der Waals surface area contributed by atoms with Crippen LogP contribution in [-0.4, -0.2) is 70.4 Å². The van der Waals surface area contributed by atoms with Crippen molar-refractivity contribution in [1.82, 2.24) is 35.9 Å². The highest BCUT2D eigenvalue weighted by molar-refractivity contribution is 6.48. The molecule has 48 heavy (non-hydrogen) atoms. The Morgan fingerprint density at radius 3 is 2.40 bits per heavy atom. The van der Waals surface area contributed by atoms with Crippen LogP contribution < -0.4 is 21.7 Å². The molecule has 2 aromatic carbocycles. The van der Waals surface area contributed by atoms with E-state index in [1.807, 2.05) is 0 Å². The summed E-state index contributed by atoms with van der Waals surface area (Å²) in [7, 11) is 0. The van der Waals surface area contributed by atoms with Gasteiger partial charge in [0, 0.05) is 17.4 Å². The lowest BCUT2D eigenvalue weighted by molar-refractivity contribution is -0.110. The van der Waals surface area contributed by atoms with Crippen LogP contribution in [0.2, 0.25) is 5.02 Å². The van der Waals surface area contributed by atoms with E-state index in [9.17, 15) is 29.4 Å². The average molecular weight is 670 g/mol. The van der Waals surface area contributed by atoms with Gasteiger partial charge in [-0.25, -0.2) is 20.1 Å². The topological polar surface area (TPSA) is 228 Å². The summed E-state index contributed by atoms with van der Waals surface area (Å²) in [6.45, 7) is 0. The van der Waals surface area contributed by atoms with Crippen LogP contribution in [0, 0.1) is 0 Å². The molecule has 2 aromatic heterocycles. The number of halogens is 1. The van der Waals surface area contributed by atoms with Gasteiger partial charge in [-0.1, -0.05) is 17.7 Å². The lowest BCUT2D eigenvalue weighted by Crippen LogP contribution is -2.40. The van der Waals surface area contributed by atoms with Gasteiger partial charge in [-0.05, 0) is 78.9 Å². The van der Waals surface area contributed by atoms with Gasteiger partial charge in [-0.15, -0.1) is 25.9 Å². The highest BCUT2D eigenvalue weighted by Gasteiger charge is 2.24. The monoisotopic (exact) mass is 669 g/mol. The average Bonchev–Trinajstić information content (AvgIpc) is 3.78. The molecule has 4 heterocycles. The molecule has 0 fully saturated rings. The lowest BCUT2D eigenvalue weighted by Gasteiger charge is -2.17. The molecule has 18 heteroatoms. The fraction of sp³-hybridized carbons (Fsp3) is 0.100. The summed E-state index contributed by atoms with van der Waals surface area (Å²) in [5, 5.41) is 42.1. The maximum absolute atomic E-state index is 12.9. The number of rotatable bonds is 11. The van der Waals surface area contributed by atoms with E-state index in [0.29, 0.717) is 36.5 Å². The van der Waals surface area contributed by atoms with Crippen LogP contribution in [0.3, 0.4) is 0 Å². The number of carboxylic acid groups (broad SMARTS) is 2. The van der Waals surface area contributed by atoms with Crippen molar-refractivity contribution in [3.8, 4) is 5.82 Å². The Morgan fingerprint density at radius 2 is 1.67 bits per heavy atom. The number of aryl methyl sites for hydroxylation is 2. The van der Waals surface area contributed by atoms with E-state index in [-0.39, 0.29) is 38.9 Å². The number of aromatic nitrogens is 4. The number of amides is 2. The number of amidine groups is 1. The van der Waals surface area contributed by atoms with Crippen molar-refractivity contribution in [1.29, 1.82) is 0 Å². The summed E-state index contributed by atoms with van der Waals surface area (Å²) in [4.78, 5) is 53.7. The number of carboxylic acids is 2. The minimum Gasteiger partial charge on any atom is -0.478 e. The predicted octanol–water partition coefficient (Wildman–Crippen LogP) is 2.64. The van der Waals surface area contributed by atoms with Gasteiger partial charge >= 0.3 is 11.9 Å². The number of carbonyl (C=O) groups is 4. The molecular weight excluding hydrogens is 646 g/mol. The van der Waals surface area contributed by atoms with Crippen LogP contribution >= 0.6 is 11.6 Å². The number of nitrogens with one attached hydrogen (secondary N) is 4.